The van der Waals surface area contributed by atoms with Crippen LogP contribution < -0.4 is 52.8 Å². The van der Waals surface area contributed by atoms with E-state index in [9.17, 15) is 5.11 Å². The summed E-state index contributed by atoms with van der Waals surface area (Å²) in [6, 6.07) is 57.0. The van der Waals surface area contributed by atoms with Crippen LogP contribution in [0, 0.1) is 13.8 Å². The average Bonchev–Trinajstić information content (AvgIpc) is 1.18. The van der Waals surface area contributed by atoms with Crippen LogP contribution in [-0.4, -0.2) is 212 Å². The summed E-state index contributed by atoms with van der Waals surface area (Å²) in [7, 11) is 23.3. The van der Waals surface area contributed by atoms with Crippen molar-refractivity contribution in [3.8, 4) is 85.3 Å². The van der Waals surface area contributed by atoms with Crippen molar-refractivity contribution in [3.63, 3.8) is 0 Å². The number of rotatable bonds is 33. The molecule has 10 aromatic heterocycles. The molecule has 1 N–H and O–H groups in total. The summed E-state index contributed by atoms with van der Waals surface area (Å²) in [6.07, 6.45) is 29.9. The molecule has 32 nitrogen and oxygen atoms in total. The number of benzene rings is 8. The Balaban J connectivity index is 0.000000135. The number of aryl methyl sites for hydroxylation is 6. The lowest BCUT2D eigenvalue weighted by Crippen LogP contribution is -2.39. The Labute approximate surface area is 815 Å². The van der Waals surface area contributed by atoms with E-state index >= 15 is 0 Å². The van der Waals surface area contributed by atoms with Crippen molar-refractivity contribution in [1.82, 2.24) is 98.3 Å². The van der Waals surface area contributed by atoms with Crippen LogP contribution in [-0.2, 0) is 47.8 Å². The second-order valence-electron chi connectivity index (χ2n) is 35.3. The monoisotopic (exact) mass is 1880 g/mol. The number of fused-ring (bicyclic) bond motifs is 4. The molecule has 18 aromatic rings. The summed E-state index contributed by atoms with van der Waals surface area (Å²) < 4.78 is 48.3. The Bertz CT molecular complexity index is 7190. The lowest BCUT2D eigenvalue weighted by molar-refractivity contribution is 0.174. The molecule has 1 fully saturated rings. The molecule has 0 saturated carbocycles. The van der Waals surface area contributed by atoms with Gasteiger partial charge in [0.15, 0.2) is 0 Å². The van der Waals surface area contributed by atoms with Crippen LogP contribution in [0.4, 0.5) is 45.5 Å². The van der Waals surface area contributed by atoms with E-state index in [2.05, 4.69) is 174 Å². The van der Waals surface area contributed by atoms with Crippen LogP contribution in [0.2, 0.25) is 0 Å². The van der Waals surface area contributed by atoms with E-state index < -0.39 is 0 Å². The second kappa shape index (κ2) is 44.5. The zero-order chi connectivity index (χ0) is 98.1. The molecule has 0 unspecified atom stereocenters. The van der Waals surface area contributed by atoms with E-state index in [0.29, 0.717) is 31.0 Å². The van der Waals surface area contributed by atoms with Crippen LogP contribution >= 0.6 is 0 Å². The van der Waals surface area contributed by atoms with Gasteiger partial charge in [0.1, 0.15) is 40.2 Å². The second-order valence-corrected chi connectivity index (χ2v) is 35.3. The zero-order valence-electron chi connectivity index (χ0n) is 82.5. The standard InChI is InChI=1S/C29H36N6O2.C28H30N6O2.C26H24N6O2.C25H30N6O2/c1-29(2)10-6-11-34(29)12-7-13-35(23-14-24(36-4)17-25(15-23)37-5)22-8-9-26-27(16-22)32-28(19-30-26)21-18-31-33(3)20-21;1-19-6-7-20(2)33(19)10-11-34(23-12-24(35-4)15-25(13-23)36-5)22-8-9-26-27(14-22)31-28(17-29-26)21-16-30-32(3)18-21;1-31-17-19(14-29-31)26-15-28-24-7-6-20(11-25(24)30-26)32(16-18-5-4-8-27-13-18)21-9-22(33-2)12-23(10-21)34-3;1-29(2)16-18-10-21(12-22(11-18)33-4)31(8-5-9-32)20-6-7-23-24(13-20)28-25(15-26-23)19-14-27-30(3)17-19/h8-9,14-20H,6-7,10-13H2,1-5H3;6-9,12-18H,10-11H2,1-5H3;4-15,17H,16H2,1-3H3;6-7,10-15,17,32H,5,8-9,16H2,1-4H3. The molecule has 0 radical (unpaired) electrons. The number of ether oxygens (including phenoxy) is 7. The molecule has 1 aliphatic rings. The smallest absolute Gasteiger partial charge is 0.124 e. The molecular formula is C108H120N24O8. The molecule has 32 heteroatoms. The van der Waals surface area contributed by atoms with Gasteiger partial charge in [-0.25, -0.2) is 19.9 Å². The van der Waals surface area contributed by atoms with Crippen molar-refractivity contribution < 1.29 is 38.3 Å². The molecule has 0 bridgehead atoms. The Morgan fingerprint density at radius 3 is 1.03 bits per heavy atom. The molecule has 8 aromatic carbocycles. The molecule has 140 heavy (non-hydrogen) atoms. The summed E-state index contributed by atoms with van der Waals surface area (Å²) in [4.78, 5) is 56.0. The molecule has 19 rings (SSSR count). The number of aromatic nitrogens is 18. The maximum Gasteiger partial charge on any atom is 0.124 e. The third-order valence-electron chi connectivity index (χ3n) is 24.7. The first kappa shape index (κ1) is 97.2. The van der Waals surface area contributed by atoms with Crippen molar-refractivity contribution in [2.24, 2.45) is 28.2 Å². The summed E-state index contributed by atoms with van der Waals surface area (Å²) in [5, 5.41) is 26.6. The highest BCUT2D eigenvalue weighted by Crippen LogP contribution is 2.41. The minimum Gasteiger partial charge on any atom is -0.497 e. The highest BCUT2D eigenvalue weighted by atomic mass is 16.5. The van der Waals surface area contributed by atoms with Crippen LogP contribution in [0.5, 0.6) is 40.2 Å². The molecule has 1 saturated heterocycles. The SMILES string of the molecule is COc1cc(CN(C)C)cc(N(CCCO)c2ccc3ncc(-c4cnn(C)c4)nc3c2)c1.COc1cc(OC)cc(N(CCCN2CCCC2(C)C)c2ccc3ncc(-c4cnn(C)c4)nc3c2)c1.COc1cc(OC)cc(N(CCn2c(C)ccc2C)c2ccc3ncc(-c4cnn(C)c4)nc3c2)c1.COc1cc(OC)cc(N(Cc2cccnc2)c2ccc3ncc(-c4cnn(C)c4)nc3c2)c1. The van der Waals surface area contributed by atoms with Crippen molar-refractivity contribution in [1.29, 1.82) is 0 Å². The quantitative estimate of drug-likeness (QED) is 0.0399. The van der Waals surface area contributed by atoms with E-state index in [-0.39, 0.29) is 12.1 Å². The number of pyridine rings is 1. The molecule has 11 heterocycles. The minimum absolute atomic E-state index is 0.115. The molecular weight excluding hydrogens is 1760 g/mol. The van der Waals surface area contributed by atoms with E-state index in [0.717, 1.165) is 214 Å². The van der Waals surface area contributed by atoms with Gasteiger partial charge in [-0.1, -0.05) is 6.07 Å². The number of hydrogen-bond acceptors (Lipinski definition) is 27. The van der Waals surface area contributed by atoms with Gasteiger partial charge < -0.3 is 67.3 Å². The Morgan fingerprint density at radius 1 is 0.350 bits per heavy atom. The van der Waals surface area contributed by atoms with E-state index in [1.54, 1.807) is 112 Å². The summed E-state index contributed by atoms with van der Waals surface area (Å²) in [5.74, 6) is 5.23. The van der Waals surface area contributed by atoms with Crippen LogP contribution in [0.3, 0.4) is 0 Å². The van der Waals surface area contributed by atoms with Gasteiger partial charge in [-0.05, 0) is 188 Å². The number of likely N-dealkylation sites (tertiary alicyclic amines) is 1. The Hall–Kier alpha value is -15.9. The number of methoxy groups -OCH3 is 7. The molecule has 720 valence electrons. The Morgan fingerprint density at radius 2 is 0.700 bits per heavy atom. The van der Waals surface area contributed by atoms with Crippen molar-refractivity contribution in [3.05, 3.63) is 279 Å². The minimum atomic E-state index is 0.115. The summed E-state index contributed by atoms with van der Waals surface area (Å²) in [6.45, 7) is 15.8. The highest BCUT2D eigenvalue weighted by molar-refractivity contribution is 5.87. The predicted octanol–water partition coefficient (Wildman–Crippen LogP) is 19.2. The normalized spacial score (nSPS) is 12.2. The largest absolute Gasteiger partial charge is 0.497 e. The molecule has 1 aliphatic heterocycles. The van der Waals surface area contributed by atoms with Gasteiger partial charge >= 0.3 is 0 Å². The lowest BCUT2D eigenvalue weighted by atomic mass is 10.0. The van der Waals surface area contributed by atoms with Gasteiger partial charge in [0.25, 0.3) is 0 Å². The molecule has 0 atom stereocenters. The predicted molar refractivity (Wildman–Crippen MR) is 552 cm³/mol. The van der Waals surface area contributed by atoms with E-state index in [4.69, 9.17) is 53.1 Å². The molecule has 0 spiro atoms. The topological polar surface area (TPSA) is 296 Å². The fourth-order valence-corrected chi connectivity index (χ4v) is 17.4. The number of anilines is 8. The van der Waals surface area contributed by atoms with Crippen LogP contribution in [0.15, 0.2) is 257 Å². The zero-order valence-corrected chi connectivity index (χ0v) is 82.5. The van der Waals surface area contributed by atoms with Gasteiger partial charge in [0, 0.05) is 263 Å². The lowest BCUT2D eigenvalue weighted by Gasteiger charge is -2.33. The van der Waals surface area contributed by atoms with Crippen molar-refractivity contribution in [2.45, 2.75) is 78.6 Å². The number of hydrogen-bond donors (Lipinski definition) is 1. The highest BCUT2D eigenvalue weighted by Gasteiger charge is 2.32. The fourth-order valence-electron chi connectivity index (χ4n) is 17.4. The molecule has 0 amide bonds. The third kappa shape index (κ3) is 23.6. The van der Waals surface area contributed by atoms with Gasteiger partial charge in [-0.15, -0.1) is 0 Å². The summed E-state index contributed by atoms with van der Waals surface area (Å²) >= 11 is 0. The van der Waals surface area contributed by atoms with E-state index in [1.165, 1.54) is 30.8 Å². The first-order chi connectivity index (χ1) is 67.9. The van der Waals surface area contributed by atoms with Gasteiger partial charge in [-0.3, -0.25) is 48.5 Å². The number of aliphatic hydroxyl groups excluding tert-OH is 1. The average molecular weight is 1880 g/mol. The maximum absolute atomic E-state index is 9.53. The van der Waals surface area contributed by atoms with Crippen LogP contribution in [0.25, 0.3) is 89.2 Å². The van der Waals surface area contributed by atoms with Gasteiger partial charge in [-0.2, -0.15) is 20.4 Å². The fraction of sp³-hybridized carbons (Fsp3) is 0.287. The third-order valence-corrected chi connectivity index (χ3v) is 24.7. The molecule has 0 aliphatic carbocycles. The first-order valence-corrected chi connectivity index (χ1v) is 46.4. The summed E-state index contributed by atoms with van der Waals surface area (Å²) in [5.41, 5.74) is 26.4. The van der Waals surface area contributed by atoms with Gasteiger partial charge in [0.05, 0.1) is 166 Å². The number of nitrogens with zero attached hydrogens (tertiary/aromatic N) is 24. The van der Waals surface area contributed by atoms with E-state index in [1.807, 2.05) is 189 Å². The maximum atomic E-state index is 9.53. The van der Waals surface area contributed by atoms with Crippen molar-refractivity contribution in [2.75, 3.05) is 123 Å². The van der Waals surface area contributed by atoms with Gasteiger partial charge in [0.2, 0.25) is 0 Å². The van der Waals surface area contributed by atoms with Crippen molar-refractivity contribution >= 4 is 89.6 Å². The first-order valence-electron chi connectivity index (χ1n) is 46.4. The van der Waals surface area contributed by atoms with Crippen LogP contribution in [0.1, 0.15) is 62.0 Å². The number of aliphatic hydroxyl groups is 1. The Kier molecular flexibility index (Phi) is 30.9.